The Balaban J connectivity index is 2.38. The highest BCUT2D eigenvalue weighted by atomic mass is 19.1. The van der Waals surface area contributed by atoms with Gasteiger partial charge in [0.05, 0.1) is 17.2 Å². The number of carboxylic acid groups (broad SMARTS) is 1. The van der Waals surface area contributed by atoms with Gasteiger partial charge in [-0.25, -0.2) is 9.18 Å². The van der Waals surface area contributed by atoms with E-state index >= 15 is 0 Å². The van der Waals surface area contributed by atoms with Gasteiger partial charge in [-0.3, -0.25) is 0 Å². The zero-order valence-electron chi connectivity index (χ0n) is 10.6. The Kier molecular flexibility index (Phi) is 3.67. The van der Waals surface area contributed by atoms with Crippen LogP contribution in [-0.4, -0.2) is 11.1 Å². The van der Waals surface area contributed by atoms with Gasteiger partial charge in [-0.2, -0.15) is 5.26 Å². The molecule has 0 heterocycles. The van der Waals surface area contributed by atoms with E-state index in [0.29, 0.717) is 5.56 Å². The van der Waals surface area contributed by atoms with E-state index in [1.807, 2.05) is 6.07 Å². The molecule has 2 rings (SSSR count). The Labute approximate surface area is 114 Å². The lowest BCUT2D eigenvalue weighted by molar-refractivity contribution is 0.0695. The van der Waals surface area contributed by atoms with Gasteiger partial charge in [0, 0.05) is 5.56 Å². The minimum absolute atomic E-state index is 0.0605. The molecule has 0 spiro atoms. The second kappa shape index (κ2) is 5.41. The van der Waals surface area contributed by atoms with Crippen molar-refractivity contribution in [2.75, 3.05) is 0 Å². The Hall–Kier alpha value is -2.87. The predicted octanol–water partition coefficient (Wildman–Crippen LogP) is 3.50. The number of hydrogen-bond donors (Lipinski definition) is 1. The Morgan fingerprint density at radius 1 is 1.30 bits per heavy atom. The van der Waals surface area contributed by atoms with Crippen LogP contribution in [0.2, 0.25) is 0 Å². The number of carbonyl (C=O) groups is 1. The molecular formula is C15H10FNO3. The molecule has 0 aromatic heterocycles. The van der Waals surface area contributed by atoms with E-state index in [4.69, 9.17) is 15.1 Å². The first kappa shape index (κ1) is 13.6. The smallest absolute Gasteiger partial charge is 0.336 e. The summed E-state index contributed by atoms with van der Waals surface area (Å²) in [7, 11) is 0. The molecule has 0 aliphatic carbocycles. The molecule has 0 saturated heterocycles. The highest BCUT2D eigenvalue weighted by Crippen LogP contribution is 2.29. The molecule has 0 radical (unpaired) electrons. The molecular weight excluding hydrogens is 261 g/mol. The molecule has 0 fully saturated rings. The number of halogens is 1. The quantitative estimate of drug-likeness (QED) is 0.927. The number of carboxylic acids is 1. The van der Waals surface area contributed by atoms with Gasteiger partial charge in [0.2, 0.25) is 0 Å². The monoisotopic (exact) mass is 271 g/mol. The largest absolute Gasteiger partial charge is 0.478 e. The summed E-state index contributed by atoms with van der Waals surface area (Å²) < 4.78 is 19.1. The second-order valence-electron chi connectivity index (χ2n) is 4.09. The third kappa shape index (κ3) is 2.59. The number of aromatic carboxylic acids is 1. The van der Waals surface area contributed by atoms with E-state index in [1.165, 1.54) is 24.3 Å². The average molecular weight is 271 g/mol. The number of nitrogens with zero attached hydrogens (tertiary/aromatic N) is 1. The summed E-state index contributed by atoms with van der Waals surface area (Å²) in [6.45, 7) is 1.58. The summed E-state index contributed by atoms with van der Waals surface area (Å²) >= 11 is 0. The molecule has 0 aliphatic rings. The fraction of sp³-hybridized carbons (Fsp3) is 0.0667. The van der Waals surface area contributed by atoms with E-state index in [1.54, 1.807) is 13.0 Å². The zero-order chi connectivity index (χ0) is 14.7. The number of nitriles is 1. The van der Waals surface area contributed by atoms with Gasteiger partial charge in [0.15, 0.2) is 11.6 Å². The summed E-state index contributed by atoms with van der Waals surface area (Å²) in [5.41, 5.74) is 0.686. The van der Waals surface area contributed by atoms with Crippen LogP contribution in [0.3, 0.4) is 0 Å². The lowest BCUT2D eigenvalue weighted by Crippen LogP contribution is -2.01. The summed E-state index contributed by atoms with van der Waals surface area (Å²) in [5, 5.41) is 17.7. The third-order valence-electron chi connectivity index (χ3n) is 2.80. The molecule has 2 aromatic rings. The summed E-state index contributed by atoms with van der Waals surface area (Å²) in [6, 6.07) is 10.2. The fourth-order valence-electron chi connectivity index (χ4n) is 1.73. The standard InChI is InChI=1S/C15H10FNO3/c1-9-11(15(18)19)3-2-4-13(9)20-14-6-5-10(8-17)7-12(14)16/h2-7H,1H3,(H,18,19). The first-order valence-electron chi connectivity index (χ1n) is 5.73. The molecule has 4 nitrogen and oxygen atoms in total. The van der Waals surface area contributed by atoms with Crippen LogP contribution in [0.25, 0.3) is 0 Å². The molecule has 0 bridgehead atoms. The normalized spacial score (nSPS) is 9.85. The topological polar surface area (TPSA) is 70.3 Å². The van der Waals surface area contributed by atoms with Crippen LogP contribution in [0.4, 0.5) is 4.39 Å². The SMILES string of the molecule is Cc1c(Oc2ccc(C#N)cc2F)cccc1C(=O)O. The van der Waals surface area contributed by atoms with E-state index < -0.39 is 11.8 Å². The molecule has 0 saturated carbocycles. The Morgan fingerprint density at radius 2 is 2.05 bits per heavy atom. The van der Waals surface area contributed by atoms with Crippen molar-refractivity contribution in [3.05, 3.63) is 58.9 Å². The highest BCUT2D eigenvalue weighted by Gasteiger charge is 2.13. The van der Waals surface area contributed by atoms with Crippen LogP contribution in [0.15, 0.2) is 36.4 Å². The van der Waals surface area contributed by atoms with Crippen LogP contribution in [0, 0.1) is 24.1 Å². The fourth-order valence-corrected chi connectivity index (χ4v) is 1.73. The first-order chi connectivity index (χ1) is 9.52. The van der Waals surface area contributed by atoms with Gasteiger partial charge < -0.3 is 9.84 Å². The van der Waals surface area contributed by atoms with E-state index in [2.05, 4.69) is 0 Å². The van der Waals surface area contributed by atoms with Crippen LogP contribution in [0.5, 0.6) is 11.5 Å². The van der Waals surface area contributed by atoms with Crippen molar-refractivity contribution in [2.45, 2.75) is 6.92 Å². The number of rotatable bonds is 3. The van der Waals surface area contributed by atoms with Gasteiger partial charge in [-0.05, 0) is 37.3 Å². The maximum absolute atomic E-state index is 13.7. The minimum Gasteiger partial charge on any atom is -0.478 e. The molecule has 100 valence electrons. The van der Waals surface area contributed by atoms with Crippen LogP contribution >= 0.6 is 0 Å². The molecule has 0 unspecified atom stereocenters. The van der Waals surface area contributed by atoms with Crippen molar-refractivity contribution >= 4 is 5.97 Å². The van der Waals surface area contributed by atoms with Crippen molar-refractivity contribution in [3.8, 4) is 17.6 Å². The summed E-state index contributed by atoms with van der Waals surface area (Å²) in [5.74, 6) is -1.56. The van der Waals surface area contributed by atoms with Crippen LogP contribution < -0.4 is 4.74 Å². The number of benzene rings is 2. The van der Waals surface area contributed by atoms with Crippen molar-refractivity contribution in [3.63, 3.8) is 0 Å². The summed E-state index contributed by atoms with van der Waals surface area (Å²) in [4.78, 5) is 11.0. The molecule has 20 heavy (non-hydrogen) atoms. The van der Waals surface area contributed by atoms with Crippen molar-refractivity contribution in [2.24, 2.45) is 0 Å². The highest BCUT2D eigenvalue weighted by molar-refractivity contribution is 5.90. The predicted molar refractivity (Wildman–Crippen MR) is 69.3 cm³/mol. The van der Waals surface area contributed by atoms with Gasteiger partial charge in [0.1, 0.15) is 5.75 Å². The van der Waals surface area contributed by atoms with Gasteiger partial charge in [-0.1, -0.05) is 6.07 Å². The van der Waals surface area contributed by atoms with E-state index in [0.717, 1.165) is 6.07 Å². The maximum Gasteiger partial charge on any atom is 0.336 e. The van der Waals surface area contributed by atoms with Crippen molar-refractivity contribution < 1.29 is 19.0 Å². The summed E-state index contributed by atoms with van der Waals surface area (Å²) in [6.07, 6.45) is 0. The van der Waals surface area contributed by atoms with Crippen molar-refractivity contribution in [1.82, 2.24) is 0 Å². The third-order valence-corrected chi connectivity index (χ3v) is 2.80. The second-order valence-corrected chi connectivity index (χ2v) is 4.09. The van der Waals surface area contributed by atoms with Gasteiger partial charge in [-0.15, -0.1) is 0 Å². The van der Waals surface area contributed by atoms with Gasteiger partial charge in [0.25, 0.3) is 0 Å². The molecule has 5 heteroatoms. The average Bonchev–Trinajstić information content (AvgIpc) is 2.42. The Morgan fingerprint density at radius 3 is 2.65 bits per heavy atom. The minimum atomic E-state index is -1.08. The van der Waals surface area contributed by atoms with E-state index in [9.17, 15) is 9.18 Å². The molecule has 0 atom stereocenters. The molecule has 1 N–H and O–H groups in total. The lowest BCUT2D eigenvalue weighted by atomic mass is 10.1. The molecule has 0 amide bonds. The number of hydrogen-bond acceptors (Lipinski definition) is 3. The zero-order valence-corrected chi connectivity index (χ0v) is 10.6. The Bertz CT molecular complexity index is 720. The maximum atomic E-state index is 13.7. The molecule has 0 aliphatic heterocycles. The van der Waals surface area contributed by atoms with Gasteiger partial charge >= 0.3 is 5.97 Å². The van der Waals surface area contributed by atoms with Crippen molar-refractivity contribution in [1.29, 1.82) is 5.26 Å². The van der Waals surface area contributed by atoms with Crippen LogP contribution in [0.1, 0.15) is 21.5 Å². The van der Waals surface area contributed by atoms with Crippen LogP contribution in [-0.2, 0) is 0 Å². The molecule has 2 aromatic carbocycles. The number of ether oxygens (including phenoxy) is 1. The lowest BCUT2D eigenvalue weighted by Gasteiger charge is -2.11. The first-order valence-corrected chi connectivity index (χ1v) is 5.73. The van der Waals surface area contributed by atoms with E-state index in [-0.39, 0.29) is 22.6 Å².